The van der Waals surface area contributed by atoms with Crippen molar-refractivity contribution in [3.63, 3.8) is 0 Å². The van der Waals surface area contributed by atoms with Crippen molar-refractivity contribution in [2.75, 3.05) is 33.0 Å². The smallest absolute Gasteiger partial charge is 0.142 e. The molecule has 1 aromatic rings. The Morgan fingerprint density at radius 2 is 2.14 bits per heavy atom. The lowest BCUT2D eigenvalue weighted by molar-refractivity contribution is 0.262. The van der Waals surface area contributed by atoms with E-state index in [0.717, 1.165) is 6.54 Å². The summed E-state index contributed by atoms with van der Waals surface area (Å²) in [4.78, 5) is 2.00. The van der Waals surface area contributed by atoms with Crippen LogP contribution in [-0.4, -0.2) is 32.1 Å². The molecular formula is C10H15FN2O. The zero-order valence-corrected chi connectivity index (χ0v) is 8.46. The maximum Gasteiger partial charge on any atom is 0.142 e. The minimum atomic E-state index is -0.345. The highest BCUT2D eigenvalue weighted by atomic mass is 19.1. The first kappa shape index (κ1) is 10.8. The second-order valence-corrected chi connectivity index (χ2v) is 3.33. The van der Waals surface area contributed by atoms with Crippen LogP contribution < -0.4 is 10.5 Å². The van der Waals surface area contributed by atoms with E-state index in [1.807, 2.05) is 19.0 Å². The number of benzene rings is 1. The lowest BCUT2D eigenvalue weighted by Gasteiger charge is -2.12. The summed E-state index contributed by atoms with van der Waals surface area (Å²) < 4.78 is 18.0. The van der Waals surface area contributed by atoms with Crippen LogP contribution in [0.3, 0.4) is 0 Å². The van der Waals surface area contributed by atoms with Crippen molar-refractivity contribution >= 4 is 5.69 Å². The second-order valence-electron chi connectivity index (χ2n) is 3.33. The van der Waals surface area contributed by atoms with Crippen molar-refractivity contribution in [1.29, 1.82) is 0 Å². The van der Waals surface area contributed by atoms with Crippen molar-refractivity contribution in [3.05, 3.63) is 24.0 Å². The lowest BCUT2D eigenvalue weighted by Crippen LogP contribution is -2.19. The van der Waals surface area contributed by atoms with E-state index >= 15 is 0 Å². The highest BCUT2D eigenvalue weighted by molar-refractivity contribution is 5.52. The van der Waals surface area contributed by atoms with Gasteiger partial charge in [0.15, 0.2) is 0 Å². The van der Waals surface area contributed by atoms with Crippen LogP contribution in [0, 0.1) is 5.82 Å². The van der Waals surface area contributed by atoms with Gasteiger partial charge in [0.2, 0.25) is 0 Å². The third-order valence-corrected chi connectivity index (χ3v) is 1.77. The molecule has 1 aromatic carbocycles. The number of rotatable bonds is 4. The first-order valence-electron chi connectivity index (χ1n) is 4.42. The number of hydrogen-bond acceptors (Lipinski definition) is 3. The molecule has 78 valence electrons. The van der Waals surface area contributed by atoms with E-state index in [4.69, 9.17) is 10.5 Å². The molecule has 0 heterocycles. The number of ether oxygens (including phenoxy) is 1. The highest BCUT2D eigenvalue weighted by Crippen LogP contribution is 2.21. The van der Waals surface area contributed by atoms with Gasteiger partial charge in [0.25, 0.3) is 0 Å². The summed E-state index contributed by atoms with van der Waals surface area (Å²) in [6.07, 6.45) is 0. The topological polar surface area (TPSA) is 38.5 Å². The Kier molecular flexibility index (Phi) is 3.71. The van der Waals surface area contributed by atoms with Gasteiger partial charge in [-0.1, -0.05) is 0 Å². The summed E-state index contributed by atoms with van der Waals surface area (Å²) in [5.41, 5.74) is 5.90. The van der Waals surface area contributed by atoms with Crippen molar-refractivity contribution in [2.24, 2.45) is 0 Å². The summed E-state index contributed by atoms with van der Waals surface area (Å²) in [6.45, 7) is 1.35. The van der Waals surface area contributed by atoms with Gasteiger partial charge < -0.3 is 15.4 Å². The molecule has 0 aliphatic rings. The Bertz CT molecular complexity index is 302. The predicted octanol–water partition coefficient (Wildman–Crippen LogP) is 1.35. The van der Waals surface area contributed by atoms with Crippen LogP contribution in [0.2, 0.25) is 0 Å². The minimum absolute atomic E-state index is 0.337. The molecule has 0 saturated heterocycles. The van der Waals surface area contributed by atoms with E-state index < -0.39 is 0 Å². The molecular weight excluding hydrogens is 183 g/mol. The molecule has 0 aliphatic heterocycles. The Morgan fingerprint density at radius 1 is 1.43 bits per heavy atom. The van der Waals surface area contributed by atoms with Crippen LogP contribution in [-0.2, 0) is 0 Å². The van der Waals surface area contributed by atoms with Gasteiger partial charge in [-0.25, -0.2) is 4.39 Å². The second kappa shape index (κ2) is 4.81. The van der Waals surface area contributed by atoms with Gasteiger partial charge in [-0.3, -0.25) is 0 Å². The molecule has 0 aromatic heterocycles. The van der Waals surface area contributed by atoms with Gasteiger partial charge >= 0.3 is 0 Å². The van der Waals surface area contributed by atoms with Crippen LogP contribution in [0.5, 0.6) is 5.75 Å². The molecule has 0 saturated carbocycles. The van der Waals surface area contributed by atoms with Gasteiger partial charge in [-0.05, 0) is 26.2 Å². The Balaban J connectivity index is 2.51. The highest BCUT2D eigenvalue weighted by Gasteiger charge is 2.01. The molecule has 0 atom stereocenters. The number of hydrogen-bond donors (Lipinski definition) is 1. The maximum atomic E-state index is 12.7. The molecule has 0 spiro atoms. The summed E-state index contributed by atoms with van der Waals surface area (Å²) >= 11 is 0. The molecule has 3 nitrogen and oxygen atoms in total. The monoisotopic (exact) mass is 198 g/mol. The molecule has 4 heteroatoms. The quantitative estimate of drug-likeness (QED) is 0.742. The van der Waals surface area contributed by atoms with Crippen LogP contribution in [0.1, 0.15) is 0 Å². The molecule has 14 heavy (non-hydrogen) atoms. The fourth-order valence-electron chi connectivity index (χ4n) is 0.989. The van der Waals surface area contributed by atoms with E-state index in [0.29, 0.717) is 18.0 Å². The Morgan fingerprint density at radius 3 is 2.71 bits per heavy atom. The van der Waals surface area contributed by atoms with E-state index in [-0.39, 0.29) is 5.82 Å². The number of nitrogen functional groups attached to an aromatic ring is 1. The third kappa shape index (κ3) is 3.22. The minimum Gasteiger partial charge on any atom is -0.490 e. The van der Waals surface area contributed by atoms with Gasteiger partial charge in [-0.2, -0.15) is 0 Å². The largest absolute Gasteiger partial charge is 0.490 e. The van der Waals surface area contributed by atoms with Crippen molar-refractivity contribution < 1.29 is 9.13 Å². The predicted molar refractivity (Wildman–Crippen MR) is 54.9 cm³/mol. The SMILES string of the molecule is CN(C)CCOc1ccc(F)cc1N. The van der Waals surface area contributed by atoms with Gasteiger partial charge in [-0.15, -0.1) is 0 Å². The molecule has 0 radical (unpaired) electrons. The molecule has 0 fully saturated rings. The first-order valence-corrected chi connectivity index (χ1v) is 4.42. The average molecular weight is 198 g/mol. The van der Waals surface area contributed by atoms with Gasteiger partial charge in [0, 0.05) is 12.6 Å². The lowest BCUT2D eigenvalue weighted by atomic mass is 10.3. The summed E-state index contributed by atoms with van der Waals surface area (Å²) in [5.74, 6) is 0.190. The summed E-state index contributed by atoms with van der Waals surface area (Å²) in [5, 5.41) is 0. The molecule has 1 rings (SSSR count). The Hall–Kier alpha value is -1.29. The van der Waals surface area contributed by atoms with Crippen molar-refractivity contribution in [3.8, 4) is 5.75 Å². The van der Waals surface area contributed by atoms with E-state index in [1.54, 1.807) is 6.07 Å². The van der Waals surface area contributed by atoms with Crippen LogP contribution in [0.4, 0.5) is 10.1 Å². The van der Waals surface area contributed by atoms with Crippen molar-refractivity contribution in [2.45, 2.75) is 0 Å². The van der Waals surface area contributed by atoms with Crippen molar-refractivity contribution in [1.82, 2.24) is 4.90 Å². The van der Waals surface area contributed by atoms with Crippen LogP contribution in [0.25, 0.3) is 0 Å². The maximum absolute atomic E-state index is 12.7. The summed E-state index contributed by atoms with van der Waals surface area (Å²) in [6, 6.07) is 4.13. The van der Waals surface area contributed by atoms with Crippen LogP contribution >= 0.6 is 0 Å². The van der Waals surface area contributed by atoms with Crippen LogP contribution in [0.15, 0.2) is 18.2 Å². The number of nitrogens with zero attached hydrogens (tertiary/aromatic N) is 1. The first-order chi connectivity index (χ1) is 6.59. The van der Waals surface area contributed by atoms with E-state index in [2.05, 4.69) is 0 Å². The number of anilines is 1. The van der Waals surface area contributed by atoms with Gasteiger partial charge in [0.1, 0.15) is 18.2 Å². The number of nitrogens with two attached hydrogens (primary N) is 1. The zero-order chi connectivity index (χ0) is 10.6. The fourth-order valence-corrected chi connectivity index (χ4v) is 0.989. The molecule has 0 aliphatic carbocycles. The molecule has 0 bridgehead atoms. The Labute approximate surface area is 83.3 Å². The third-order valence-electron chi connectivity index (χ3n) is 1.77. The van der Waals surface area contributed by atoms with E-state index in [9.17, 15) is 4.39 Å². The number of halogens is 1. The van der Waals surface area contributed by atoms with E-state index in [1.165, 1.54) is 12.1 Å². The van der Waals surface area contributed by atoms with Gasteiger partial charge in [0.05, 0.1) is 5.69 Å². The average Bonchev–Trinajstić information content (AvgIpc) is 2.08. The molecule has 0 unspecified atom stereocenters. The fraction of sp³-hybridized carbons (Fsp3) is 0.400. The zero-order valence-electron chi connectivity index (χ0n) is 8.46. The molecule has 2 N–H and O–H groups in total. The summed E-state index contributed by atoms with van der Waals surface area (Å²) in [7, 11) is 3.91. The standard InChI is InChI=1S/C10H15FN2O/c1-13(2)5-6-14-10-4-3-8(11)7-9(10)12/h3-4,7H,5-6,12H2,1-2H3. The molecule has 0 amide bonds. The normalized spacial score (nSPS) is 10.6. The number of likely N-dealkylation sites (N-methyl/N-ethyl adjacent to an activating group) is 1.